The van der Waals surface area contributed by atoms with Gasteiger partial charge in [0.1, 0.15) is 11.3 Å². The van der Waals surface area contributed by atoms with Crippen LogP contribution in [0, 0.1) is 5.82 Å². The Balaban J connectivity index is 2.08. The molecule has 114 valence electrons. The van der Waals surface area contributed by atoms with Gasteiger partial charge in [0, 0.05) is 0 Å². The van der Waals surface area contributed by atoms with E-state index in [1.165, 1.54) is 30.3 Å². The molecule has 22 heavy (non-hydrogen) atoms. The second-order valence-corrected chi connectivity index (χ2v) is 4.85. The van der Waals surface area contributed by atoms with Gasteiger partial charge in [-0.05, 0) is 29.8 Å². The molecule has 7 heteroatoms. The number of hydrogen-bond donors (Lipinski definition) is 1. The van der Waals surface area contributed by atoms with Crippen molar-refractivity contribution in [2.45, 2.75) is 12.7 Å². The fourth-order valence-corrected chi connectivity index (χ4v) is 2.35. The number of nitrogens with zero attached hydrogens (tertiary/aromatic N) is 1. The van der Waals surface area contributed by atoms with Crippen LogP contribution in [-0.2, 0) is 12.7 Å². The molecule has 1 heterocycles. The van der Waals surface area contributed by atoms with Gasteiger partial charge < -0.3 is 4.98 Å². The summed E-state index contributed by atoms with van der Waals surface area (Å²) in [6, 6.07) is 8.78. The van der Waals surface area contributed by atoms with Crippen LogP contribution in [0.3, 0.4) is 0 Å². The highest BCUT2D eigenvalue weighted by Crippen LogP contribution is 2.29. The fourth-order valence-electron chi connectivity index (χ4n) is 2.35. The van der Waals surface area contributed by atoms with Crippen LogP contribution in [-0.4, -0.2) is 9.55 Å². The van der Waals surface area contributed by atoms with Gasteiger partial charge in [0.15, 0.2) is 0 Å². The molecule has 0 atom stereocenters. The monoisotopic (exact) mass is 310 g/mol. The van der Waals surface area contributed by atoms with Crippen LogP contribution in [0.15, 0.2) is 47.3 Å². The number of rotatable bonds is 2. The first kappa shape index (κ1) is 14.4. The number of hydrogen-bond acceptors (Lipinski definition) is 1. The average Bonchev–Trinajstić information content (AvgIpc) is 2.76. The van der Waals surface area contributed by atoms with Crippen LogP contribution in [0.1, 0.15) is 11.1 Å². The Morgan fingerprint density at radius 3 is 2.55 bits per heavy atom. The Morgan fingerprint density at radius 1 is 1.09 bits per heavy atom. The van der Waals surface area contributed by atoms with Crippen molar-refractivity contribution in [3.63, 3.8) is 0 Å². The number of para-hydroxylation sites is 1. The van der Waals surface area contributed by atoms with Crippen molar-refractivity contribution in [2.75, 3.05) is 0 Å². The molecule has 3 aromatic rings. The number of fused-ring (bicyclic) bond motifs is 1. The van der Waals surface area contributed by atoms with Gasteiger partial charge >= 0.3 is 11.9 Å². The molecule has 1 aromatic heterocycles. The van der Waals surface area contributed by atoms with Gasteiger partial charge in [-0.1, -0.05) is 18.2 Å². The highest BCUT2D eigenvalue weighted by molar-refractivity contribution is 5.75. The highest BCUT2D eigenvalue weighted by Gasteiger charge is 2.30. The Labute approximate surface area is 121 Å². The third-order valence-electron chi connectivity index (χ3n) is 3.34. The van der Waals surface area contributed by atoms with Crippen molar-refractivity contribution in [2.24, 2.45) is 0 Å². The molecular formula is C15H10F4N2O. The molecule has 2 aromatic carbocycles. The van der Waals surface area contributed by atoms with E-state index in [1.807, 2.05) is 0 Å². The molecule has 0 aliphatic rings. The number of nitrogens with one attached hydrogen (secondary N) is 1. The van der Waals surface area contributed by atoms with E-state index in [2.05, 4.69) is 4.98 Å². The second-order valence-electron chi connectivity index (χ2n) is 4.85. The van der Waals surface area contributed by atoms with E-state index in [0.717, 1.165) is 16.7 Å². The number of aromatic nitrogens is 2. The summed E-state index contributed by atoms with van der Waals surface area (Å²) < 4.78 is 53.1. The van der Waals surface area contributed by atoms with E-state index in [-0.39, 0.29) is 17.6 Å². The number of imidazole rings is 1. The minimum atomic E-state index is -4.47. The van der Waals surface area contributed by atoms with Crippen molar-refractivity contribution in [1.82, 2.24) is 9.55 Å². The molecule has 0 aliphatic heterocycles. The van der Waals surface area contributed by atoms with Gasteiger partial charge in [-0.2, -0.15) is 13.2 Å². The summed E-state index contributed by atoms with van der Waals surface area (Å²) in [7, 11) is 0. The summed E-state index contributed by atoms with van der Waals surface area (Å²) in [5.41, 5.74) is -0.765. The van der Waals surface area contributed by atoms with E-state index >= 15 is 0 Å². The zero-order valence-electron chi connectivity index (χ0n) is 11.1. The maximum absolute atomic E-state index is 13.9. The second kappa shape index (κ2) is 5.01. The number of halogens is 4. The Bertz CT molecular complexity index is 892. The number of H-pyrrole nitrogens is 1. The number of alkyl halides is 3. The smallest absolute Gasteiger partial charge is 0.305 e. The lowest BCUT2D eigenvalue weighted by molar-refractivity contribution is -0.137. The molecule has 0 amide bonds. The maximum atomic E-state index is 13.9. The lowest BCUT2D eigenvalue weighted by Crippen LogP contribution is -2.18. The van der Waals surface area contributed by atoms with Crippen LogP contribution < -0.4 is 5.69 Å². The van der Waals surface area contributed by atoms with Crippen molar-refractivity contribution >= 4 is 11.0 Å². The van der Waals surface area contributed by atoms with Crippen molar-refractivity contribution < 1.29 is 17.6 Å². The molecule has 0 radical (unpaired) electrons. The van der Waals surface area contributed by atoms with Gasteiger partial charge in [0.2, 0.25) is 0 Å². The van der Waals surface area contributed by atoms with Crippen molar-refractivity contribution in [1.29, 1.82) is 0 Å². The first-order chi connectivity index (χ1) is 10.4. The van der Waals surface area contributed by atoms with Gasteiger partial charge in [-0.3, -0.25) is 4.57 Å². The Hall–Kier alpha value is -2.57. The molecule has 0 fully saturated rings. The number of benzene rings is 2. The third-order valence-corrected chi connectivity index (χ3v) is 3.34. The molecule has 0 bridgehead atoms. The summed E-state index contributed by atoms with van der Waals surface area (Å²) >= 11 is 0. The molecule has 3 rings (SSSR count). The summed E-state index contributed by atoms with van der Waals surface area (Å²) in [5.74, 6) is -0.608. The molecule has 0 spiro atoms. The fraction of sp³-hybridized carbons (Fsp3) is 0.133. The summed E-state index contributed by atoms with van der Waals surface area (Å²) in [6.07, 6.45) is -4.47. The lowest BCUT2D eigenvalue weighted by Gasteiger charge is -2.09. The minimum Gasteiger partial charge on any atom is -0.305 e. The van der Waals surface area contributed by atoms with E-state index in [0.29, 0.717) is 5.52 Å². The predicted octanol–water partition coefficient (Wildman–Crippen LogP) is 3.54. The molecule has 3 nitrogen and oxygen atoms in total. The topological polar surface area (TPSA) is 37.8 Å². The van der Waals surface area contributed by atoms with Crippen LogP contribution in [0.2, 0.25) is 0 Å². The predicted molar refractivity (Wildman–Crippen MR) is 73.1 cm³/mol. The summed E-state index contributed by atoms with van der Waals surface area (Å²) in [6.45, 7) is -0.149. The average molecular weight is 310 g/mol. The van der Waals surface area contributed by atoms with Crippen LogP contribution in [0.25, 0.3) is 11.0 Å². The largest absolute Gasteiger partial charge is 0.416 e. The zero-order valence-corrected chi connectivity index (χ0v) is 11.1. The molecule has 1 N–H and O–H groups in total. The van der Waals surface area contributed by atoms with Crippen LogP contribution >= 0.6 is 0 Å². The van der Waals surface area contributed by atoms with E-state index < -0.39 is 23.2 Å². The van der Waals surface area contributed by atoms with Gasteiger partial charge in [-0.25, -0.2) is 9.18 Å². The van der Waals surface area contributed by atoms with Crippen molar-refractivity contribution in [3.8, 4) is 0 Å². The Kier molecular flexibility index (Phi) is 3.27. The lowest BCUT2D eigenvalue weighted by atomic mass is 10.1. The summed E-state index contributed by atoms with van der Waals surface area (Å²) in [4.78, 5) is 14.4. The van der Waals surface area contributed by atoms with Crippen LogP contribution in [0.4, 0.5) is 17.6 Å². The van der Waals surface area contributed by atoms with E-state index in [9.17, 15) is 22.4 Å². The molecule has 0 saturated carbocycles. The highest BCUT2D eigenvalue weighted by atomic mass is 19.4. The minimum absolute atomic E-state index is 0.0462. The van der Waals surface area contributed by atoms with Gasteiger partial charge in [0.25, 0.3) is 0 Å². The van der Waals surface area contributed by atoms with Gasteiger partial charge in [0.05, 0.1) is 17.6 Å². The molecule has 0 saturated heterocycles. The van der Waals surface area contributed by atoms with E-state index in [4.69, 9.17) is 0 Å². The zero-order chi connectivity index (χ0) is 15.9. The van der Waals surface area contributed by atoms with E-state index in [1.54, 1.807) is 0 Å². The molecule has 0 unspecified atom stereocenters. The summed E-state index contributed by atoms with van der Waals surface area (Å²) in [5, 5.41) is 0. The van der Waals surface area contributed by atoms with Gasteiger partial charge in [-0.15, -0.1) is 0 Å². The van der Waals surface area contributed by atoms with Crippen molar-refractivity contribution in [3.05, 3.63) is 69.9 Å². The van der Waals surface area contributed by atoms with Crippen LogP contribution in [0.5, 0.6) is 0 Å². The molecular weight excluding hydrogens is 300 g/mol. The SMILES string of the molecule is O=c1[nH]c2cccc(F)c2n1Cc1cccc(C(F)(F)F)c1. The standard InChI is InChI=1S/C15H10F4N2O/c16-11-5-2-6-12-13(11)21(14(22)20-12)8-9-3-1-4-10(7-9)15(17,18)19/h1-7H,8H2,(H,20,22). The molecule has 0 aliphatic carbocycles. The Morgan fingerprint density at radius 2 is 1.82 bits per heavy atom. The first-order valence-electron chi connectivity index (χ1n) is 6.39. The third kappa shape index (κ3) is 2.49. The first-order valence-corrected chi connectivity index (χ1v) is 6.39. The number of aromatic amines is 1. The maximum Gasteiger partial charge on any atom is 0.416 e. The quantitative estimate of drug-likeness (QED) is 0.722. The normalized spacial score (nSPS) is 12.0.